The van der Waals surface area contributed by atoms with E-state index in [9.17, 15) is 4.79 Å². The van der Waals surface area contributed by atoms with Gasteiger partial charge < -0.3 is 16.0 Å². The van der Waals surface area contributed by atoms with E-state index in [4.69, 9.17) is 5.73 Å². The Morgan fingerprint density at radius 3 is 2.95 bits per heavy atom. The molecule has 1 saturated carbocycles. The largest absolute Gasteiger partial charge is 0.382 e. The van der Waals surface area contributed by atoms with E-state index in [1.54, 1.807) is 23.3 Å². The topological polar surface area (TPSA) is 71.2 Å². The standard InChI is InChI=1S/C14H18N4OS2/c1-8(10-4-3-7-20-10)18(2)13(19)11-12(15)17-14(21-11)16-9-5-6-9/h3-4,7-9H,5-6,15H2,1-2H3,(H,16,17). The van der Waals surface area contributed by atoms with Crippen LogP contribution >= 0.6 is 22.7 Å². The molecule has 3 N–H and O–H groups in total. The second-order valence-corrected chi connectivity index (χ2v) is 7.24. The predicted octanol–water partition coefficient (Wildman–Crippen LogP) is 3.19. The van der Waals surface area contributed by atoms with E-state index in [1.165, 1.54) is 11.3 Å². The maximum absolute atomic E-state index is 12.6. The summed E-state index contributed by atoms with van der Waals surface area (Å²) in [6.45, 7) is 2.02. The SMILES string of the molecule is CC(c1cccs1)N(C)C(=O)c1sc(NC2CC2)nc1N. The Morgan fingerprint density at radius 2 is 2.33 bits per heavy atom. The zero-order chi connectivity index (χ0) is 15.0. The van der Waals surface area contributed by atoms with Crippen molar-refractivity contribution in [3.63, 3.8) is 0 Å². The Kier molecular flexibility index (Phi) is 3.86. The quantitative estimate of drug-likeness (QED) is 0.887. The summed E-state index contributed by atoms with van der Waals surface area (Å²) in [6, 6.07) is 4.56. The smallest absolute Gasteiger partial charge is 0.268 e. The Morgan fingerprint density at radius 1 is 1.57 bits per heavy atom. The summed E-state index contributed by atoms with van der Waals surface area (Å²) in [7, 11) is 1.81. The predicted molar refractivity (Wildman–Crippen MR) is 88.0 cm³/mol. The third-order valence-electron chi connectivity index (χ3n) is 3.61. The molecule has 7 heteroatoms. The minimum atomic E-state index is -0.0743. The average Bonchev–Trinajstić information content (AvgIpc) is 2.98. The fourth-order valence-corrected chi connectivity index (χ4v) is 3.78. The highest BCUT2D eigenvalue weighted by molar-refractivity contribution is 7.18. The van der Waals surface area contributed by atoms with Gasteiger partial charge in [0.15, 0.2) is 5.13 Å². The Hall–Kier alpha value is -1.60. The maximum atomic E-state index is 12.6. The number of nitrogen functional groups attached to an aromatic ring is 1. The molecule has 0 aromatic carbocycles. The van der Waals surface area contributed by atoms with Crippen molar-refractivity contribution in [1.82, 2.24) is 9.88 Å². The first-order valence-electron chi connectivity index (χ1n) is 6.89. The lowest BCUT2D eigenvalue weighted by Gasteiger charge is -2.23. The van der Waals surface area contributed by atoms with Crippen molar-refractivity contribution >= 4 is 39.5 Å². The minimum Gasteiger partial charge on any atom is -0.382 e. The Bertz CT molecular complexity index is 633. The second kappa shape index (κ2) is 5.65. The van der Waals surface area contributed by atoms with Crippen molar-refractivity contribution in [3.05, 3.63) is 27.3 Å². The van der Waals surface area contributed by atoms with Gasteiger partial charge in [-0.25, -0.2) is 4.98 Å². The fourth-order valence-electron chi connectivity index (χ4n) is 2.01. The van der Waals surface area contributed by atoms with Gasteiger partial charge >= 0.3 is 0 Å². The Labute approximate surface area is 131 Å². The highest BCUT2D eigenvalue weighted by atomic mass is 32.1. The number of carbonyl (C=O) groups excluding carboxylic acids is 1. The highest BCUT2D eigenvalue weighted by Crippen LogP contribution is 2.33. The molecule has 0 saturated heterocycles. The Balaban J connectivity index is 1.75. The maximum Gasteiger partial charge on any atom is 0.268 e. The van der Waals surface area contributed by atoms with Crippen LogP contribution in [0.4, 0.5) is 10.9 Å². The fraction of sp³-hybridized carbons (Fsp3) is 0.429. The van der Waals surface area contributed by atoms with E-state index in [0.29, 0.717) is 16.7 Å². The zero-order valence-corrected chi connectivity index (χ0v) is 13.6. The van der Waals surface area contributed by atoms with Gasteiger partial charge in [0.25, 0.3) is 5.91 Å². The molecule has 1 atom stereocenters. The van der Waals surface area contributed by atoms with Crippen LogP contribution in [0.2, 0.25) is 0 Å². The lowest BCUT2D eigenvalue weighted by molar-refractivity contribution is 0.0750. The van der Waals surface area contributed by atoms with Crippen molar-refractivity contribution in [3.8, 4) is 0 Å². The van der Waals surface area contributed by atoms with Crippen molar-refractivity contribution < 1.29 is 4.79 Å². The summed E-state index contributed by atoms with van der Waals surface area (Å²) >= 11 is 2.99. The van der Waals surface area contributed by atoms with Crippen LogP contribution in [0.3, 0.4) is 0 Å². The van der Waals surface area contributed by atoms with Crippen LogP contribution in [0.1, 0.15) is 40.4 Å². The van der Waals surface area contributed by atoms with Crippen LogP contribution in [0.25, 0.3) is 0 Å². The number of anilines is 2. The number of thiazole rings is 1. The number of carbonyl (C=O) groups is 1. The second-order valence-electron chi connectivity index (χ2n) is 5.26. The normalized spacial score (nSPS) is 15.7. The van der Waals surface area contributed by atoms with Crippen LogP contribution in [0.15, 0.2) is 17.5 Å². The lowest BCUT2D eigenvalue weighted by atomic mass is 10.2. The van der Waals surface area contributed by atoms with E-state index < -0.39 is 0 Å². The number of nitrogens with two attached hydrogens (primary N) is 1. The number of aromatic nitrogens is 1. The molecular formula is C14H18N4OS2. The number of amides is 1. The average molecular weight is 322 g/mol. The molecule has 0 bridgehead atoms. The third kappa shape index (κ3) is 3.03. The number of nitrogens with zero attached hydrogens (tertiary/aromatic N) is 2. The summed E-state index contributed by atoms with van der Waals surface area (Å²) in [5.41, 5.74) is 5.91. The lowest BCUT2D eigenvalue weighted by Crippen LogP contribution is -2.29. The van der Waals surface area contributed by atoms with E-state index in [-0.39, 0.29) is 11.9 Å². The summed E-state index contributed by atoms with van der Waals surface area (Å²) in [6.07, 6.45) is 2.33. The van der Waals surface area contributed by atoms with Gasteiger partial charge in [0.05, 0.1) is 6.04 Å². The van der Waals surface area contributed by atoms with Crippen molar-refractivity contribution in [2.24, 2.45) is 0 Å². The zero-order valence-electron chi connectivity index (χ0n) is 12.0. The molecule has 2 aromatic heterocycles. The number of hydrogen-bond acceptors (Lipinski definition) is 6. The molecule has 112 valence electrons. The molecule has 3 rings (SSSR count). The van der Waals surface area contributed by atoms with Crippen LogP contribution < -0.4 is 11.1 Å². The molecule has 5 nitrogen and oxygen atoms in total. The van der Waals surface area contributed by atoms with Gasteiger partial charge in [-0.2, -0.15) is 0 Å². The first-order valence-corrected chi connectivity index (χ1v) is 8.59. The van der Waals surface area contributed by atoms with E-state index >= 15 is 0 Å². The first kappa shape index (κ1) is 14.3. The van der Waals surface area contributed by atoms with Crippen LogP contribution in [-0.4, -0.2) is 28.9 Å². The van der Waals surface area contributed by atoms with Gasteiger partial charge in [-0.15, -0.1) is 11.3 Å². The molecule has 2 aromatic rings. The number of rotatable bonds is 5. The number of hydrogen-bond donors (Lipinski definition) is 2. The monoisotopic (exact) mass is 322 g/mol. The molecule has 0 spiro atoms. The molecule has 0 aliphatic heterocycles. The first-order chi connectivity index (χ1) is 10.1. The summed E-state index contributed by atoms with van der Waals surface area (Å²) in [4.78, 5) is 20.3. The van der Waals surface area contributed by atoms with Crippen LogP contribution in [0.5, 0.6) is 0 Å². The summed E-state index contributed by atoms with van der Waals surface area (Å²) in [5, 5.41) is 6.05. The molecule has 1 aliphatic carbocycles. The van der Waals surface area contributed by atoms with Gasteiger partial charge in [0.2, 0.25) is 0 Å². The van der Waals surface area contributed by atoms with Gasteiger partial charge in [-0.1, -0.05) is 17.4 Å². The van der Waals surface area contributed by atoms with E-state index in [1.807, 2.05) is 24.4 Å². The van der Waals surface area contributed by atoms with Crippen LogP contribution in [0, 0.1) is 0 Å². The third-order valence-corrected chi connectivity index (χ3v) is 5.64. The number of thiophene rings is 1. The molecule has 1 aliphatic rings. The summed E-state index contributed by atoms with van der Waals surface area (Å²) < 4.78 is 0. The summed E-state index contributed by atoms with van der Waals surface area (Å²) in [5.74, 6) is 0.244. The van der Waals surface area contributed by atoms with E-state index in [0.717, 1.165) is 22.9 Å². The van der Waals surface area contributed by atoms with Gasteiger partial charge in [0.1, 0.15) is 10.7 Å². The molecule has 1 amide bonds. The van der Waals surface area contributed by atoms with Crippen molar-refractivity contribution in [2.45, 2.75) is 31.8 Å². The molecule has 2 heterocycles. The van der Waals surface area contributed by atoms with Gasteiger partial charge in [-0.05, 0) is 31.2 Å². The van der Waals surface area contributed by atoms with Crippen molar-refractivity contribution in [2.75, 3.05) is 18.1 Å². The van der Waals surface area contributed by atoms with Gasteiger partial charge in [-0.3, -0.25) is 4.79 Å². The molecule has 21 heavy (non-hydrogen) atoms. The van der Waals surface area contributed by atoms with Crippen LogP contribution in [-0.2, 0) is 0 Å². The highest BCUT2D eigenvalue weighted by Gasteiger charge is 2.27. The molecule has 1 fully saturated rings. The minimum absolute atomic E-state index is 0.0267. The molecule has 0 radical (unpaired) electrons. The van der Waals surface area contributed by atoms with E-state index in [2.05, 4.69) is 10.3 Å². The van der Waals surface area contributed by atoms with Gasteiger partial charge in [0, 0.05) is 18.0 Å². The van der Waals surface area contributed by atoms with Crippen molar-refractivity contribution in [1.29, 1.82) is 0 Å². The molecule has 1 unspecified atom stereocenters. The number of nitrogens with one attached hydrogen (secondary N) is 1. The molecular weight excluding hydrogens is 304 g/mol.